The first-order chi connectivity index (χ1) is 16.6. The van der Waals surface area contributed by atoms with Crippen LogP contribution in [0.1, 0.15) is 71.3 Å². The lowest BCUT2D eigenvalue weighted by Gasteiger charge is -2.30. The summed E-state index contributed by atoms with van der Waals surface area (Å²) in [7, 11) is 4.70. The number of hydrogen-bond acceptors (Lipinski definition) is 7. The lowest BCUT2D eigenvalue weighted by atomic mass is 9.82. The predicted molar refractivity (Wildman–Crippen MR) is 132 cm³/mol. The molecule has 2 fully saturated rings. The van der Waals surface area contributed by atoms with Gasteiger partial charge in [0.25, 0.3) is 0 Å². The molecule has 2 aliphatic rings. The van der Waals surface area contributed by atoms with Crippen molar-refractivity contribution in [3.05, 3.63) is 17.7 Å². The molecule has 1 aromatic rings. The molecule has 0 aromatic heterocycles. The molecule has 8 heteroatoms. The summed E-state index contributed by atoms with van der Waals surface area (Å²) >= 11 is 0. The van der Waals surface area contributed by atoms with Gasteiger partial charge in [-0.3, -0.25) is 4.79 Å². The molecule has 1 aliphatic carbocycles. The summed E-state index contributed by atoms with van der Waals surface area (Å²) in [6, 6.07) is 3.41. The number of alkyl carbamates (subject to hydrolysis) is 1. The minimum absolute atomic E-state index is 0.258. The van der Waals surface area contributed by atoms with E-state index in [1.807, 2.05) is 32.9 Å². The van der Waals surface area contributed by atoms with Gasteiger partial charge < -0.3 is 29.0 Å². The Morgan fingerprint density at radius 1 is 1.06 bits per heavy atom. The minimum Gasteiger partial charge on any atom is -0.493 e. The summed E-state index contributed by atoms with van der Waals surface area (Å²) in [6.45, 7) is 5.51. The van der Waals surface area contributed by atoms with Crippen LogP contribution in [0.25, 0.3) is 0 Å². The number of benzene rings is 1. The maximum absolute atomic E-state index is 12.9. The Kier molecular flexibility index (Phi) is 9.14. The second kappa shape index (κ2) is 11.9. The molecule has 1 aliphatic heterocycles. The van der Waals surface area contributed by atoms with Crippen LogP contribution < -0.4 is 19.5 Å². The average Bonchev–Trinajstić information content (AvgIpc) is 3.17. The number of rotatable bonds is 9. The van der Waals surface area contributed by atoms with Crippen molar-refractivity contribution in [2.45, 2.75) is 89.9 Å². The first kappa shape index (κ1) is 27.0. The number of cyclic esters (lactones) is 1. The predicted octanol–water partition coefficient (Wildman–Crippen LogP) is 5.05. The van der Waals surface area contributed by atoms with E-state index in [0.29, 0.717) is 36.0 Å². The Morgan fingerprint density at radius 2 is 1.74 bits per heavy atom. The van der Waals surface area contributed by atoms with Crippen LogP contribution in [0.4, 0.5) is 4.79 Å². The lowest BCUT2D eigenvalue weighted by molar-refractivity contribution is -0.145. The van der Waals surface area contributed by atoms with Gasteiger partial charge in [-0.25, -0.2) is 4.79 Å². The van der Waals surface area contributed by atoms with E-state index >= 15 is 0 Å². The number of nitrogens with one attached hydrogen (secondary N) is 1. The molecule has 0 bridgehead atoms. The molecule has 1 aromatic carbocycles. The second-order valence-electron chi connectivity index (χ2n) is 10.6. The second-order valence-corrected chi connectivity index (χ2v) is 10.6. The highest BCUT2D eigenvalue weighted by atomic mass is 16.6. The van der Waals surface area contributed by atoms with Crippen molar-refractivity contribution in [2.75, 3.05) is 21.3 Å². The number of amides is 1. The fourth-order valence-electron chi connectivity index (χ4n) is 5.22. The van der Waals surface area contributed by atoms with Crippen molar-refractivity contribution >= 4 is 12.1 Å². The van der Waals surface area contributed by atoms with E-state index < -0.39 is 17.8 Å². The molecule has 0 spiro atoms. The number of methoxy groups -OCH3 is 3. The van der Waals surface area contributed by atoms with E-state index in [1.54, 1.807) is 21.3 Å². The zero-order chi connectivity index (χ0) is 25.6. The summed E-state index contributed by atoms with van der Waals surface area (Å²) < 4.78 is 27.8. The molecular weight excluding hydrogens is 450 g/mol. The van der Waals surface area contributed by atoms with Gasteiger partial charge in [0.15, 0.2) is 11.5 Å². The highest BCUT2D eigenvalue weighted by molar-refractivity contribution is 5.76. The minimum atomic E-state index is -0.599. The molecule has 35 heavy (non-hydrogen) atoms. The van der Waals surface area contributed by atoms with Crippen molar-refractivity contribution in [3.63, 3.8) is 0 Å². The number of carbonyl (C=O) groups excluding carboxylic acids is 2. The van der Waals surface area contributed by atoms with Gasteiger partial charge in [-0.1, -0.05) is 38.2 Å². The zero-order valence-electron chi connectivity index (χ0n) is 22.0. The summed E-state index contributed by atoms with van der Waals surface area (Å²) in [5.74, 6) is 1.51. The number of hydrogen-bond donors (Lipinski definition) is 1. The van der Waals surface area contributed by atoms with Crippen molar-refractivity contribution in [2.24, 2.45) is 11.8 Å². The Balaban J connectivity index is 1.75. The van der Waals surface area contributed by atoms with Crippen LogP contribution in [0.15, 0.2) is 12.1 Å². The van der Waals surface area contributed by atoms with Crippen LogP contribution in [0.2, 0.25) is 0 Å². The first-order valence-electron chi connectivity index (χ1n) is 12.6. The molecule has 8 nitrogen and oxygen atoms in total. The molecule has 3 atom stereocenters. The lowest BCUT2D eigenvalue weighted by Crippen LogP contribution is -2.46. The average molecular weight is 492 g/mol. The molecule has 3 rings (SSSR count). The van der Waals surface area contributed by atoms with Crippen LogP contribution >= 0.6 is 0 Å². The van der Waals surface area contributed by atoms with Crippen LogP contribution in [0, 0.1) is 11.8 Å². The molecule has 1 N–H and O–H groups in total. The summed E-state index contributed by atoms with van der Waals surface area (Å²) in [4.78, 5) is 25.5. The van der Waals surface area contributed by atoms with Gasteiger partial charge in [0.05, 0.1) is 33.3 Å². The molecule has 1 heterocycles. The van der Waals surface area contributed by atoms with Crippen molar-refractivity contribution < 1.29 is 33.3 Å². The van der Waals surface area contributed by atoms with E-state index in [9.17, 15) is 9.59 Å². The summed E-state index contributed by atoms with van der Waals surface area (Å²) in [5.41, 5.74) is 0.245. The number of ether oxygens (including phenoxy) is 5. The molecule has 1 saturated heterocycles. The van der Waals surface area contributed by atoms with E-state index in [0.717, 1.165) is 24.8 Å². The molecule has 0 unspecified atom stereocenters. The first-order valence-corrected chi connectivity index (χ1v) is 12.6. The summed E-state index contributed by atoms with van der Waals surface area (Å²) in [6.07, 6.45) is 6.82. The highest BCUT2D eigenvalue weighted by Crippen LogP contribution is 2.42. The highest BCUT2D eigenvalue weighted by Gasteiger charge is 2.41. The Bertz CT molecular complexity index is 873. The van der Waals surface area contributed by atoms with Gasteiger partial charge >= 0.3 is 12.1 Å². The van der Waals surface area contributed by atoms with Crippen LogP contribution in [0.5, 0.6) is 17.2 Å². The van der Waals surface area contributed by atoms with Crippen LogP contribution in [-0.4, -0.2) is 51.1 Å². The van der Waals surface area contributed by atoms with Gasteiger partial charge in [0.1, 0.15) is 11.7 Å². The third kappa shape index (κ3) is 7.18. The van der Waals surface area contributed by atoms with Gasteiger partial charge in [-0.2, -0.15) is 0 Å². The van der Waals surface area contributed by atoms with Gasteiger partial charge in [0.2, 0.25) is 5.75 Å². The standard InChI is InChI=1S/C27H41NO7/c1-27(2,3)35-26(30)28-20(14-17-10-8-7-9-11-17)22-16-19(25(29)34-22)15-18-12-13-21(31-4)24(33-6)23(18)32-5/h12-13,17,19-20,22H,7-11,14-16H2,1-6H3,(H,28,30)/t19-,20+,22+/m1/s1. The summed E-state index contributed by atoms with van der Waals surface area (Å²) in [5, 5.41) is 3.02. The van der Waals surface area contributed by atoms with E-state index in [4.69, 9.17) is 23.7 Å². The quantitative estimate of drug-likeness (QED) is 0.483. The molecule has 1 amide bonds. The van der Waals surface area contributed by atoms with Gasteiger partial charge in [-0.05, 0) is 57.6 Å². The number of esters is 1. The topological polar surface area (TPSA) is 92.3 Å². The third-order valence-electron chi connectivity index (χ3n) is 6.83. The Hall–Kier alpha value is -2.64. The SMILES string of the molecule is COc1ccc(C[C@@H]2C[C@@H]([C@H](CC3CCCCC3)NC(=O)OC(C)(C)C)OC2=O)c(OC)c1OC. The van der Waals surface area contributed by atoms with Crippen molar-refractivity contribution in [1.29, 1.82) is 0 Å². The zero-order valence-corrected chi connectivity index (χ0v) is 22.0. The van der Waals surface area contributed by atoms with Crippen LogP contribution in [0.3, 0.4) is 0 Å². The maximum Gasteiger partial charge on any atom is 0.408 e. The molecule has 0 radical (unpaired) electrons. The van der Waals surface area contributed by atoms with E-state index in [-0.39, 0.29) is 17.9 Å². The van der Waals surface area contributed by atoms with Gasteiger partial charge in [0, 0.05) is 0 Å². The smallest absolute Gasteiger partial charge is 0.408 e. The van der Waals surface area contributed by atoms with Crippen molar-refractivity contribution in [3.8, 4) is 17.2 Å². The monoisotopic (exact) mass is 491 g/mol. The third-order valence-corrected chi connectivity index (χ3v) is 6.83. The van der Waals surface area contributed by atoms with E-state index in [2.05, 4.69) is 5.32 Å². The Labute approximate surface area is 209 Å². The fourth-order valence-corrected chi connectivity index (χ4v) is 5.22. The number of carbonyl (C=O) groups is 2. The van der Waals surface area contributed by atoms with Crippen LogP contribution in [-0.2, 0) is 20.7 Å². The molecule has 196 valence electrons. The molecule has 1 saturated carbocycles. The molecular formula is C27H41NO7. The van der Waals surface area contributed by atoms with Crippen molar-refractivity contribution in [1.82, 2.24) is 5.32 Å². The maximum atomic E-state index is 12.9. The normalized spacial score (nSPS) is 21.7. The Morgan fingerprint density at radius 3 is 2.34 bits per heavy atom. The largest absolute Gasteiger partial charge is 0.493 e. The van der Waals surface area contributed by atoms with Gasteiger partial charge in [-0.15, -0.1) is 0 Å². The van der Waals surface area contributed by atoms with E-state index in [1.165, 1.54) is 19.3 Å². The fraction of sp³-hybridized carbons (Fsp3) is 0.704.